The Hall–Kier alpha value is -3.01. The smallest absolute Gasteiger partial charge is 0.361 e. The zero-order valence-corrected chi connectivity index (χ0v) is 45.5. The predicted octanol–water partition coefficient (Wildman–Crippen LogP) is 16.5. The van der Waals surface area contributed by atoms with Gasteiger partial charge in [0.2, 0.25) is 0 Å². The summed E-state index contributed by atoms with van der Waals surface area (Å²) in [5, 5.41) is 9.64. The van der Waals surface area contributed by atoms with E-state index in [0.29, 0.717) is 17.4 Å². The minimum Gasteiger partial charge on any atom is -0.477 e. The monoisotopic (exact) mass is 971 g/mol. The molecule has 0 aliphatic heterocycles. The molecule has 0 aliphatic rings. The fourth-order valence-electron chi connectivity index (χ4n) is 7.92. The van der Waals surface area contributed by atoms with Crippen LogP contribution in [0, 0.1) is 0 Å². The molecule has 0 spiro atoms. The molecule has 0 heterocycles. The zero-order chi connectivity index (χ0) is 50.6. The first kappa shape index (κ1) is 66.0. The van der Waals surface area contributed by atoms with Crippen LogP contribution in [0.15, 0.2) is 60.8 Å². The number of allylic oxidation sites excluding steroid dienone is 10. The van der Waals surface area contributed by atoms with Crippen molar-refractivity contribution in [2.75, 3.05) is 47.5 Å². The van der Waals surface area contributed by atoms with E-state index in [1.807, 2.05) is 21.1 Å². The Morgan fingerprint density at radius 2 is 0.826 bits per heavy atom. The van der Waals surface area contributed by atoms with Crippen LogP contribution in [-0.4, -0.2) is 87.4 Å². The average molecular weight is 972 g/mol. The number of quaternary nitrogens is 1. The number of aliphatic carboxylic acids is 1. The molecule has 0 rings (SSSR count). The van der Waals surface area contributed by atoms with Crippen LogP contribution in [-0.2, 0) is 33.3 Å². The Bertz CT molecular complexity index is 1310. The van der Waals surface area contributed by atoms with E-state index in [-0.39, 0.29) is 32.2 Å². The van der Waals surface area contributed by atoms with Crippen LogP contribution in [0.3, 0.4) is 0 Å². The number of unbranched alkanes of at least 4 members (excludes halogenated alkanes) is 27. The molecule has 0 aromatic heterocycles. The molecule has 69 heavy (non-hydrogen) atoms. The van der Waals surface area contributed by atoms with Crippen molar-refractivity contribution in [3.63, 3.8) is 0 Å². The maximum atomic E-state index is 12.8. The number of likely N-dealkylation sites (N-methyl/N-ethyl adjacent to an activating group) is 1. The highest BCUT2D eigenvalue weighted by Crippen LogP contribution is 2.17. The van der Waals surface area contributed by atoms with Crippen LogP contribution < -0.4 is 0 Å². The summed E-state index contributed by atoms with van der Waals surface area (Å²) in [6.45, 7) is 4.72. The summed E-state index contributed by atoms with van der Waals surface area (Å²) in [4.78, 5) is 37.0. The van der Waals surface area contributed by atoms with Crippen LogP contribution in [0.2, 0.25) is 0 Å². The normalized spacial score (nSPS) is 13.2. The van der Waals surface area contributed by atoms with Gasteiger partial charge in [-0.1, -0.05) is 235 Å². The number of hydrogen-bond acceptors (Lipinski definition) is 7. The predicted molar refractivity (Wildman–Crippen MR) is 290 cm³/mol. The van der Waals surface area contributed by atoms with E-state index in [2.05, 4.69) is 74.6 Å². The molecule has 400 valence electrons. The number of carboxylic acid groups (broad SMARTS) is 1. The van der Waals surface area contributed by atoms with Gasteiger partial charge in [0.1, 0.15) is 13.2 Å². The standard InChI is InChI=1S/C60H107NO8/c1-6-8-10-12-14-15-16-17-18-19-20-21-22-23-24-25-26-27-28-29-30-31-32-33-34-35-36-37-38-39-40-41-42-43-45-47-49-51-58(63)69-56(54-67-57(62)50-48-46-44-13-11-9-7-2)55-68-60(59(64)65)66-53-52-61(3,4)5/h8,10,14-15,17-18,20-21,23-24,56,60H,6-7,9,11-13,16,19,22,25-55H2,1-5H3/p+1/b10-8-,15-14-,18-17-,21-20-,24-23-. The molecular formula is C60H108NO8+. The molecule has 0 aromatic rings. The molecular weight excluding hydrogens is 863 g/mol. The SMILES string of the molecule is CC/C=C\C/C=C\C/C=C\C/C=C\C/C=C\CCCCCCCCCCCCCCCCCCCCCCCC(=O)OC(COC(=O)CCCCCCCCC)COC(OCC[N+](C)(C)C)C(=O)O. The Labute approximate surface area is 425 Å². The number of carbonyl (C=O) groups is 3. The summed E-state index contributed by atoms with van der Waals surface area (Å²) in [7, 11) is 5.96. The fourth-order valence-corrected chi connectivity index (χ4v) is 7.92. The third-order valence-corrected chi connectivity index (χ3v) is 12.3. The molecule has 9 heteroatoms. The van der Waals surface area contributed by atoms with Crippen LogP contribution in [0.5, 0.6) is 0 Å². The average Bonchev–Trinajstić information content (AvgIpc) is 3.31. The summed E-state index contributed by atoms with van der Waals surface area (Å²) < 4.78 is 22.7. The largest absolute Gasteiger partial charge is 0.477 e. The number of ether oxygens (including phenoxy) is 4. The Morgan fingerprint density at radius 3 is 1.23 bits per heavy atom. The molecule has 0 saturated carbocycles. The van der Waals surface area contributed by atoms with Crippen molar-refractivity contribution in [3.05, 3.63) is 60.8 Å². The highest BCUT2D eigenvalue weighted by atomic mass is 16.7. The first-order chi connectivity index (χ1) is 33.6. The molecule has 0 saturated heterocycles. The van der Waals surface area contributed by atoms with E-state index >= 15 is 0 Å². The lowest BCUT2D eigenvalue weighted by molar-refractivity contribution is -0.870. The molecule has 0 aliphatic carbocycles. The second-order valence-corrected chi connectivity index (χ2v) is 20.2. The first-order valence-corrected chi connectivity index (χ1v) is 28.5. The van der Waals surface area contributed by atoms with Gasteiger partial charge in [-0.15, -0.1) is 0 Å². The minimum atomic E-state index is -1.51. The summed E-state index contributed by atoms with van der Waals surface area (Å²) in [6.07, 6.45) is 62.1. The molecule has 2 atom stereocenters. The van der Waals surface area contributed by atoms with Crippen molar-refractivity contribution in [2.45, 2.75) is 257 Å². The molecule has 9 nitrogen and oxygen atoms in total. The van der Waals surface area contributed by atoms with Crippen LogP contribution in [0.1, 0.15) is 245 Å². The van der Waals surface area contributed by atoms with Gasteiger partial charge in [-0.05, 0) is 57.8 Å². The fraction of sp³-hybridized carbons (Fsp3) is 0.783. The van der Waals surface area contributed by atoms with E-state index in [1.54, 1.807) is 0 Å². The van der Waals surface area contributed by atoms with Crippen LogP contribution >= 0.6 is 0 Å². The number of carbonyl (C=O) groups excluding carboxylic acids is 2. The van der Waals surface area contributed by atoms with Crippen molar-refractivity contribution < 1.29 is 42.9 Å². The number of esters is 2. The van der Waals surface area contributed by atoms with E-state index < -0.39 is 24.3 Å². The lowest BCUT2D eigenvalue weighted by Gasteiger charge is -2.25. The van der Waals surface area contributed by atoms with Gasteiger partial charge in [0.15, 0.2) is 6.10 Å². The lowest BCUT2D eigenvalue weighted by atomic mass is 10.0. The Kier molecular flexibility index (Phi) is 49.1. The lowest BCUT2D eigenvalue weighted by Crippen LogP contribution is -2.40. The molecule has 0 fully saturated rings. The van der Waals surface area contributed by atoms with Crippen molar-refractivity contribution >= 4 is 17.9 Å². The first-order valence-electron chi connectivity index (χ1n) is 28.5. The number of carboxylic acids is 1. The number of nitrogens with zero attached hydrogens (tertiary/aromatic N) is 1. The quantitative estimate of drug-likeness (QED) is 0.0211. The summed E-state index contributed by atoms with van der Waals surface area (Å²) in [6, 6.07) is 0. The van der Waals surface area contributed by atoms with E-state index in [1.165, 1.54) is 148 Å². The van der Waals surface area contributed by atoms with Gasteiger partial charge >= 0.3 is 17.9 Å². The number of rotatable bonds is 52. The molecule has 0 amide bonds. The van der Waals surface area contributed by atoms with Gasteiger partial charge in [0, 0.05) is 12.8 Å². The van der Waals surface area contributed by atoms with Gasteiger partial charge in [-0.2, -0.15) is 0 Å². The van der Waals surface area contributed by atoms with Crippen molar-refractivity contribution in [2.24, 2.45) is 0 Å². The molecule has 1 N–H and O–H groups in total. The van der Waals surface area contributed by atoms with E-state index in [9.17, 15) is 19.5 Å². The third-order valence-electron chi connectivity index (χ3n) is 12.3. The highest BCUT2D eigenvalue weighted by molar-refractivity contribution is 5.71. The maximum Gasteiger partial charge on any atom is 0.361 e. The van der Waals surface area contributed by atoms with Gasteiger partial charge in [0.25, 0.3) is 6.29 Å². The van der Waals surface area contributed by atoms with E-state index in [0.717, 1.165) is 70.6 Å². The van der Waals surface area contributed by atoms with Crippen molar-refractivity contribution in [1.29, 1.82) is 0 Å². The van der Waals surface area contributed by atoms with Crippen LogP contribution in [0.25, 0.3) is 0 Å². The van der Waals surface area contributed by atoms with Crippen LogP contribution in [0.4, 0.5) is 0 Å². The van der Waals surface area contributed by atoms with Gasteiger partial charge in [-0.25, -0.2) is 4.79 Å². The Balaban J connectivity index is 3.89. The Morgan fingerprint density at radius 1 is 0.449 bits per heavy atom. The van der Waals surface area contributed by atoms with Gasteiger partial charge < -0.3 is 28.5 Å². The van der Waals surface area contributed by atoms with E-state index in [4.69, 9.17) is 18.9 Å². The second-order valence-electron chi connectivity index (χ2n) is 20.2. The summed E-state index contributed by atoms with van der Waals surface area (Å²) in [5.41, 5.74) is 0. The number of hydrogen-bond donors (Lipinski definition) is 1. The molecule has 0 radical (unpaired) electrons. The molecule has 0 aromatic carbocycles. The summed E-state index contributed by atoms with van der Waals surface area (Å²) in [5.74, 6) is -2.00. The zero-order valence-electron chi connectivity index (χ0n) is 45.5. The van der Waals surface area contributed by atoms with Gasteiger partial charge in [-0.3, -0.25) is 9.59 Å². The minimum absolute atomic E-state index is 0.179. The van der Waals surface area contributed by atoms with Crippen molar-refractivity contribution in [3.8, 4) is 0 Å². The highest BCUT2D eigenvalue weighted by Gasteiger charge is 2.25. The topological polar surface area (TPSA) is 108 Å². The summed E-state index contributed by atoms with van der Waals surface area (Å²) >= 11 is 0. The second kappa shape index (κ2) is 51.3. The van der Waals surface area contributed by atoms with Crippen molar-refractivity contribution in [1.82, 2.24) is 0 Å². The molecule has 2 unspecified atom stereocenters. The maximum absolute atomic E-state index is 12.8. The molecule has 0 bridgehead atoms. The third kappa shape index (κ3) is 52.6. The van der Waals surface area contributed by atoms with Gasteiger partial charge in [0.05, 0.1) is 34.4 Å².